The van der Waals surface area contributed by atoms with Gasteiger partial charge in [0.1, 0.15) is 0 Å². The predicted octanol–water partition coefficient (Wildman–Crippen LogP) is 5.03. The zero-order valence-corrected chi connectivity index (χ0v) is 9.91. The van der Waals surface area contributed by atoms with E-state index in [0.29, 0.717) is 0 Å². The molecule has 2 heterocycles. The van der Waals surface area contributed by atoms with Crippen molar-refractivity contribution in [2.24, 2.45) is 0 Å². The molecule has 0 saturated heterocycles. The van der Waals surface area contributed by atoms with Crippen molar-refractivity contribution in [1.82, 2.24) is 0 Å². The molecule has 0 bridgehead atoms. The Morgan fingerprint density at radius 1 is 0.857 bits per heavy atom. The third-order valence-corrected chi connectivity index (χ3v) is 4.13. The van der Waals surface area contributed by atoms with Crippen LogP contribution in [0.3, 0.4) is 0 Å². The average molecular weight is 220 g/mol. The molecule has 2 aromatic rings. The van der Waals surface area contributed by atoms with Crippen LogP contribution >= 0.6 is 22.7 Å². The van der Waals surface area contributed by atoms with Gasteiger partial charge >= 0.3 is 0 Å². The molecule has 0 aromatic carbocycles. The van der Waals surface area contributed by atoms with Gasteiger partial charge < -0.3 is 0 Å². The summed E-state index contributed by atoms with van der Waals surface area (Å²) >= 11 is 3.72. The Balaban J connectivity index is 2.45. The van der Waals surface area contributed by atoms with Crippen LogP contribution in [0.2, 0.25) is 0 Å². The Morgan fingerprint density at radius 3 is 1.64 bits per heavy atom. The molecule has 0 fully saturated rings. The largest absolute Gasteiger partial charge is 0.135 e. The Hall–Kier alpha value is -0.860. The minimum absolute atomic E-state index is 1.35. The van der Waals surface area contributed by atoms with Crippen LogP contribution in [-0.4, -0.2) is 0 Å². The van der Waals surface area contributed by atoms with Crippen LogP contribution < -0.4 is 0 Å². The van der Waals surface area contributed by atoms with E-state index in [0.717, 1.165) is 0 Å². The fourth-order valence-corrected chi connectivity index (χ4v) is 3.73. The molecule has 2 heteroatoms. The van der Waals surface area contributed by atoms with Gasteiger partial charge in [-0.15, -0.1) is 22.7 Å². The molecule has 0 amide bonds. The maximum Gasteiger partial charge on any atom is 0.0463 e. The van der Waals surface area contributed by atoms with Crippen LogP contribution in [0.1, 0.15) is 23.6 Å². The van der Waals surface area contributed by atoms with Gasteiger partial charge in [0.15, 0.2) is 0 Å². The normalized spacial score (nSPS) is 12.4. The SMILES string of the molecule is C/C=C/c1cc2sc(/C=C/C)cc2s1. The first-order valence-corrected chi connectivity index (χ1v) is 6.25. The number of hydrogen-bond donors (Lipinski definition) is 0. The molecular formula is C12H12S2. The molecular weight excluding hydrogens is 208 g/mol. The van der Waals surface area contributed by atoms with E-state index in [1.54, 1.807) is 0 Å². The van der Waals surface area contributed by atoms with Gasteiger partial charge in [-0.05, 0) is 38.1 Å². The summed E-state index contributed by atoms with van der Waals surface area (Å²) in [5, 5.41) is 0. The molecule has 2 aromatic heterocycles. The lowest BCUT2D eigenvalue weighted by atomic mass is 10.4. The van der Waals surface area contributed by atoms with E-state index in [1.807, 2.05) is 22.7 Å². The van der Waals surface area contributed by atoms with Crippen molar-refractivity contribution in [2.75, 3.05) is 0 Å². The van der Waals surface area contributed by atoms with Gasteiger partial charge in [0.05, 0.1) is 0 Å². The molecule has 2 rings (SSSR count). The fourth-order valence-electron chi connectivity index (χ4n) is 1.37. The summed E-state index contributed by atoms with van der Waals surface area (Å²) in [4.78, 5) is 2.70. The third-order valence-electron chi connectivity index (χ3n) is 1.91. The summed E-state index contributed by atoms with van der Waals surface area (Å²) in [6, 6.07) is 4.52. The Labute approximate surface area is 92.2 Å². The summed E-state index contributed by atoms with van der Waals surface area (Å²) in [7, 11) is 0. The van der Waals surface area contributed by atoms with Crippen LogP contribution in [0.25, 0.3) is 21.6 Å². The van der Waals surface area contributed by atoms with E-state index in [-0.39, 0.29) is 0 Å². The first-order valence-electron chi connectivity index (χ1n) is 4.62. The van der Waals surface area contributed by atoms with E-state index in [9.17, 15) is 0 Å². The maximum absolute atomic E-state index is 2.26. The van der Waals surface area contributed by atoms with Gasteiger partial charge in [0.2, 0.25) is 0 Å². The van der Waals surface area contributed by atoms with E-state index in [1.165, 1.54) is 19.2 Å². The fraction of sp³-hybridized carbons (Fsp3) is 0.167. The van der Waals surface area contributed by atoms with E-state index < -0.39 is 0 Å². The Kier molecular flexibility index (Phi) is 2.85. The first kappa shape index (κ1) is 9.69. The van der Waals surface area contributed by atoms with Crippen LogP contribution in [0.5, 0.6) is 0 Å². The Morgan fingerprint density at radius 2 is 1.29 bits per heavy atom. The van der Waals surface area contributed by atoms with Crippen molar-refractivity contribution in [3.05, 3.63) is 34.0 Å². The predicted molar refractivity (Wildman–Crippen MR) is 69.1 cm³/mol. The zero-order chi connectivity index (χ0) is 9.97. The summed E-state index contributed by atoms with van der Waals surface area (Å²) < 4.78 is 2.80. The summed E-state index contributed by atoms with van der Waals surface area (Å²) in [5.41, 5.74) is 0. The summed E-state index contributed by atoms with van der Waals surface area (Å²) in [6.45, 7) is 4.11. The zero-order valence-electron chi connectivity index (χ0n) is 8.28. The van der Waals surface area contributed by atoms with E-state index >= 15 is 0 Å². The van der Waals surface area contributed by atoms with Gasteiger partial charge in [-0.3, -0.25) is 0 Å². The van der Waals surface area contributed by atoms with Gasteiger partial charge in [-0.1, -0.05) is 12.2 Å². The van der Waals surface area contributed by atoms with Crippen molar-refractivity contribution >= 4 is 44.2 Å². The smallest absolute Gasteiger partial charge is 0.0463 e. The van der Waals surface area contributed by atoms with Crippen LogP contribution in [0, 0.1) is 0 Å². The van der Waals surface area contributed by atoms with Crippen LogP contribution in [-0.2, 0) is 0 Å². The lowest BCUT2D eigenvalue weighted by molar-refractivity contribution is 1.79. The monoisotopic (exact) mass is 220 g/mol. The minimum Gasteiger partial charge on any atom is -0.135 e. The number of hydrogen-bond acceptors (Lipinski definition) is 2. The second-order valence-corrected chi connectivity index (χ2v) is 5.26. The third kappa shape index (κ3) is 1.81. The molecule has 0 N–H and O–H groups in total. The highest BCUT2D eigenvalue weighted by atomic mass is 32.1. The highest BCUT2D eigenvalue weighted by Crippen LogP contribution is 2.34. The van der Waals surface area contributed by atoms with Crippen molar-refractivity contribution in [3.63, 3.8) is 0 Å². The second kappa shape index (κ2) is 4.11. The summed E-state index contributed by atoms with van der Waals surface area (Å²) in [6.07, 6.45) is 8.49. The van der Waals surface area contributed by atoms with Gasteiger partial charge in [0.25, 0.3) is 0 Å². The summed E-state index contributed by atoms with van der Waals surface area (Å²) in [5.74, 6) is 0. The van der Waals surface area contributed by atoms with E-state index in [4.69, 9.17) is 0 Å². The van der Waals surface area contributed by atoms with Crippen LogP contribution in [0.15, 0.2) is 24.3 Å². The van der Waals surface area contributed by atoms with Gasteiger partial charge in [0, 0.05) is 19.2 Å². The van der Waals surface area contributed by atoms with Crippen molar-refractivity contribution in [1.29, 1.82) is 0 Å². The molecule has 0 unspecified atom stereocenters. The number of allylic oxidation sites excluding steroid dienone is 2. The van der Waals surface area contributed by atoms with Crippen molar-refractivity contribution in [2.45, 2.75) is 13.8 Å². The molecule has 0 aliphatic carbocycles. The Bertz CT molecular complexity index is 410. The van der Waals surface area contributed by atoms with Gasteiger partial charge in [-0.25, -0.2) is 0 Å². The number of fused-ring (bicyclic) bond motifs is 1. The molecule has 0 aliphatic heterocycles. The molecule has 14 heavy (non-hydrogen) atoms. The standard InChI is InChI=1S/C12H12S2/c1-3-5-9-7-11-12(13-9)8-10(14-11)6-4-2/h3-8H,1-2H3/b5-3+,6-4+. The lowest BCUT2D eigenvalue weighted by Crippen LogP contribution is -1.55. The quantitative estimate of drug-likeness (QED) is 0.666. The van der Waals surface area contributed by atoms with Gasteiger partial charge in [-0.2, -0.15) is 0 Å². The van der Waals surface area contributed by atoms with Crippen molar-refractivity contribution < 1.29 is 0 Å². The van der Waals surface area contributed by atoms with Crippen LogP contribution in [0.4, 0.5) is 0 Å². The molecule has 72 valence electrons. The number of thiophene rings is 2. The lowest BCUT2D eigenvalue weighted by Gasteiger charge is -1.81. The average Bonchev–Trinajstić information content (AvgIpc) is 2.62. The molecule has 0 nitrogen and oxygen atoms in total. The number of rotatable bonds is 2. The highest BCUT2D eigenvalue weighted by molar-refractivity contribution is 7.28. The molecule has 0 radical (unpaired) electrons. The topological polar surface area (TPSA) is 0 Å². The molecule has 0 spiro atoms. The second-order valence-electron chi connectivity index (χ2n) is 3.03. The van der Waals surface area contributed by atoms with E-state index in [2.05, 4.69) is 50.3 Å². The molecule has 0 aliphatic rings. The maximum atomic E-state index is 2.26. The van der Waals surface area contributed by atoms with Crippen molar-refractivity contribution in [3.8, 4) is 0 Å². The first-order chi connectivity index (χ1) is 6.83. The molecule has 0 atom stereocenters. The highest BCUT2D eigenvalue weighted by Gasteiger charge is 2.02. The minimum atomic E-state index is 1.35. The molecule has 0 saturated carbocycles.